The fourth-order valence-corrected chi connectivity index (χ4v) is 2.49. The molecule has 1 unspecified atom stereocenters. The highest BCUT2D eigenvalue weighted by molar-refractivity contribution is 5.73. The summed E-state index contributed by atoms with van der Waals surface area (Å²) >= 11 is 0. The van der Waals surface area contributed by atoms with Crippen molar-refractivity contribution < 1.29 is 19.7 Å². The fourth-order valence-electron chi connectivity index (χ4n) is 2.49. The second kappa shape index (κ2) is 7.25. The Bertz CT molecular complexity index is 282. The van der Waals surface area contributed by atoms with Gasteiger partial charge in [0, 0.05) is 5.41 Å². The van der Waals surface area contributed by atoms with Crippen molar-refractivity contribution in [2.45, 2.75) is 79.4 Å². The molecule has 0 aliphatic rings. The van der Waals surface area contributed by atoms with Gasteiger partial charge in [-0.25, -0.2) is 14.6 Å². The number of carboxylic acid groups (broad SMARTS) is 1. The molecule has 114 valence electrons. The molecular weight excluding hydrogens is 244 g/mol. The number of carboxylic acids is 1. The van der Waals surface area contributed by atoms with E-state index in [0.717, 1.165) is 19.3 Å². The van der Waals surface area contributed by atoms with Crippen LogP contribution in [-0.4, -0.2) is 22.8 Å². The van der Waals surface area contributed by atoms with Crippen molar-refractivity contribution >= 4 is 5.97 Å². The number of rotatable bonds is 9. The monoisotopic (exact) mass is 274 g/mol. The van der Waals surface area contributed by atoms with E-state index >= 15 is 0 Å². The van der Waals surface area contributed by atoms with Crippen LogP contribution in [-0.2, 0) is 14.6 Å². The van der Waals surface area contributed by atoms with Gasteiger partial charge in [-0.3, -0.25) is 0 Å². The summed E-state index contributed by atoms with van der Waals surface area (Å²) in [5, 5.41) is 9.34. The third-order valence-electron chi connectivity index (χ3n) is 3.09. The first-order valence-electron chi connectivity index (χ1n) is 7.09. The Hall–Kier alpha value is -0.610. The summed E-state index contributed by atoms with van der Waals surface area (Å²) in [4.78, 5) is 22.1. The number of hydrogen-bond acceptors (Lipinski definition) is 3. The molecule has 0 spiro atoms. The van der Waals surface area contributed by atoms with Crippen molar-refractivity contribution in [2.24, 2.45) is 11.3 Å². The summed E-state index contributed by atoms with van der Waals surface area (Å²) in [5.74, 6) is -0.568. The van der Waals surface area contributed by atoms with Crippen molar-refractivity contribution in [3.8, 4) is 0 Å². The van der Waals surface area contributed by atoms with E-state index in [1.54, 1.807) is 0 Å². The molecule has 0 rings (SSSR count). The molecule has 0 amide bonds. The van der Waals surface area contributed by atoms with Crippen LogP contribution in [0.1, 0.15) is 67.7 Å². The average molecular weight is 274 g/mol. The lowest BCUT2D eigenvalue weighted by Crippen LogP contribution is -2.42. The van der Waals surface area contributed by atoms with Crippen LogP contribution in [0.2, 0.25) is 0 Å². The molecule has 19 heavy (non-hydrogen) atoms. The van der Waals surface area contributed by atoms with Crippen molar-refractivity contribution in [3.63, 3.8) is 0 Å². The summed E-state index contributed by atoms with van der Waals surface area (Å²) in [6.45, 7) is 13.8. The van der Waals surface area contributed by atoms with Crippen LogP contribution in [0.25, 0.3) is 0 Å². The molecule has 0 fully saturated rings. The van der Waals surface area contributed by atoms with E-state index < -0.39 is 23.1 Å². The standard InChI is InChI=1S/C15H30O4/c1-8-9-15(6,7)19-18-12(13(16)17)14(4,5)10-11(2)3/h11-12H,8-10H2,1-7H3,(H,16,17). The maximum atomic E-state index is 11.4. The number of carbonyl (C=O) groups is 1. The van der Waals surface area contributed by atoms with Gasteiger partial charge < -0.3 is 5.11 Å². The molecule has 4 nitrogen and oxygen atoms in total. The van der Waals surface area contributed by atoms with Gasteiger partial charge in [-0.1, -0.05) is 41.0 Å². The lowest BCUT2D eigenvalue weighted by Gasteiger charge is -2.34. The van der Waals surface area contributed by atoms with Gasteiger partial charge in [0.15, 0.2) is 6.10 Å². The molecule has 1 atom stereocenters. The van der Waals surface area contributed by atoms with Gasteiger partial charge in [0.25, 0.3) is 0 Å². The largest absolute Gasteiger partial charge is 0.479 e. The zero-order chi connectivity index (χ0) is 15.3. The molecule has 0 aromatic carbocycles. The maximum absolute atomic E-state index is 11.4. The first-order valence-corrected chi connectivity index (χ1v) is 7.09. The third-order valence-corrected chi connectivity index (χ3v) is 3.09. The molecule has 0 saturated carbocycles. The summed E-state index contributed by atoms with van der Waals surface area (Å²) < 4.78 is 0. The van der Waals surface area contributed by atoms with Gasteiger partial charge in [0.2, 0.25) is 0 Å². The minimum Gasteiger partial charge on any atom is -0.479 e. The van der Waals surface area contributed by atoms with Crippen molar-refractivity contribution in [1.82, 2.24) is 0 Å². The fraction of sp³-hybridized carbons (Fsp3) is 0.933. The van der Waals surface area contributed by atoms with Crippen LogP contribution in [0.5, 0.6) is 0 Å². The van der Waals surface area contributed by atoms with Crippen LogP contribution >= 0.6 is 0 Å². The zero-order valence-electron chi connectivity index (χ0n) is 13.4. The van der Waals surface area contributed by atoms with Gasteiger partial charge in [-0.2, -0.15) is 0 Å². The molecule has 0 aromatic heterocycles. The Morgan fingerprint density at radius 3 is 2.11 bits per heavy atom. The van der Waals surface area contributed by atoms with Gasteiger partial charge in [0.05, 0.1) is 5.60 Å². The highest BCUT2D eigenvalue weighted by atomic mass is 17.2. The topological polar surface area (TPSA) is 55.8 Å². The normalized spacial score (nSPS) is 14.7. The zero-order valence-corrected chi connectivity index (χ0v) is 13.4. The summed E-state index contributed by atoms with van der Waals surface area (Å²) in [6.07, 6.45) is 1.60. The molecule has 0 aliphatic heterocycles. The maximum Gasteiger partial charge on any atom is 0.336 e. The number of aliphatic carboxylic acids is 1. The highest BCUT2D eigenvalue weighted by Crippen LogP contribution is 2.33. The Labute approximate surface area is 117 Å². The van der Waals surface area contributed by atoms with Gasteiger partial charge in [-0.15, -0.1) is 0 Å². The quantitative estimate of drug-likeness (QED) is 0.509. The minimum atomic E-state index is -0.974. The molecule has 0 saturated heterocycles. The molecule has 0 aromatic rings. The van der Waals surface area contributed by atoms with E-state index in [1.807, 2.05) is 27.7 Å². The van der Waals surface area contributed by atoms with Gasteiger partial charge in [-0.05, 0) is 32.6 Å². The Balaban J connectivity index is 4.71. The Morgan fingerprint density at radius 1 is 1.21 bits per heavy atom. The molecule has 0 radical (unpaired) electrons. The van der Waals surface area contributed by atoms with E-state index in [2.05, 4.69) is 20.8 Å². The molecule has 1 N–H and O–H groups in total. The second-order valence-corrected chi connectivity index (χ2v) is 6.99. The van der Waals surface area contributed by atoms with Gasteiger partial charge in [0.1, 0.15) is 0 Å². The van der Waals surface area contributed by atoms with Crippen LogP contribution < -0.4 is 0 Å². The van der Waals surface area contributed by atoms with Crippen molar-refractivity contribution in [1.29, 1.82) is 0 Å². The van der Waals surface area contributed by atoms with E-state index in [1.165, 1.54) is 0 Å². The van der Waals surface area contributed by atoms with E-state index in [4.69, 9.17) is 9.78 Å². The molecule has 0 aliphatic carbocycles. The SMILES string of the molecule is CCCC(C)(C)OOC(C(=O)O)C(C)(C)CC(C)C. The average Bonchev–Trinajstić information content (AvgIpc) is 2.13. The Kier molecular flexibility index (Phi) is 7.01. The first-order chi connectivity index (χ1) is 8.52. The summed E-state index contributed by atoms with van der Waals surface area (Å²) in [5.41, 5.74) is -0.932. The number of hydrogen-bond donors (Lipinski definition) is 1. The van der Waals surface area contributed by atoms with Gasteiger partial charge >= 0.3 is 5.97 Å². The third kappa shape index (κ3) is 6.92. The highest BCUT2D eigenvalue weighted by Gasteiger charge is 2.39. The van der Waals surface area contributed by atoms with E-state index in [0.29, 0.717) is 5.92 Å². The molecule has 0 heterocycles. The first kappa shape index (κ1) is 18.4. The predicted octanol–water partition coefficient (Wildman–Crippen LogP) is 4.04. The molecule has 4 heteroatoms. The van der Waals surface area contributed by atoms with E-state index in [-0.39, 0.29) is 0 Å². The van der Waals surface area contributed by atoms with Crippen LogP contribution in [0.15, 0.2) is 0 Å². The second-order valence-electron chi connectivity index (χ2n) is 6.99. The molecular formula is C15H30O4. The lowest BCUT2D eigenvalue weighted by molar-refractivity contribution is -0.386. The lowest BCUT2D eigenvalue weighted by atomic mass is 9.79. The van der Waals surface area contributed by atoms with Crippen LogP contribution in [0, 0.1) is 11.3 Å². The predicted molar refractivity (Wildman–Crippen MR) is 75.8 cm³/mol. The van der Waals surface area contributed by atoms with Crippen LogP contribution in [0.4, 0.5) is 0 Å². The summed E-state index contributed by atoms with van der Waals surface area (Å²) in [7, 11) is 0. The van der Waals surface area contributed by atoms with Crippen molar-refractivity contribution in [2.75, 3.05) is 0 Å². The van der Waals surface area contributed by atoms with Crippen LogP contribution in [0.3, 0.4) is 0 Å². The molecule has 0 bridgehead atoms. The van der Waals surface area contributed by atoms with E-state index in [9.17, 15) is 9.90 Å². The van der Waals surface area contributed by atoms with Crippen molar-refractivity contribution in [3.05, 3.63) is 0 Å². The smallest absolute Gasteiger partial charge is 0.336 e. The minimum absolute atomic E-state index is 0.407. The summed E-state index contributed by atoms with van der Waals surface area (Å²) in [6, 6.07) is 0. The Morgan fingerprint density at radius 2 is 1.74 bits per heavy atom.